The van der Waals surface area contributed by atoms with Gasteiger partial charge in [-0.1, -0.05) is 20.8 Å². The predicted molar refractivity (Wildman–Crippen MR) is 80.0 cm³/mol. The number of carbonyl (C=O) groups is 1. The zero-order valence-corrected chi connectivity index (χ0v) is 13.4. The molecule has 0 radical (unpaired) electrons. The van der Waals surface area contributed by atoms with Crippen LogP contribution in [0, 0.1) is 10.2 Å². The number of amides is 1. The lowest BCUT2D eigenvalue weighted by molar-refractivity contribution is -0.126. The molecule has 0 saturated carbocycles. The van der Waals surface area contributed by atoms with Gasteiger partial charge in [-0.25, -0.2) is 4.21 Å². The highest BCUT2D eigenvalue weighted by Crippen LogP contribution is 2.19. The lowest BCUT2D eigenvalue weighted by atomic mass is 9.94. The molecule has 1 fully saturated rings. The fourth-order valence-corrected chi connectivity index (χ4v) is 3.43. The third-order valence-electron chi connectivity index (χ3n) is 3.26. The molecule has 1 saturated heterocycles. The maximum Gasteiger partial charge on any atom is 0.237 e. The molecule has 7 heteroatoms. The summed E-state index contributed by atoms with van der Waals surface area (Å²) in [5.41, 5.74) is 5.83. The average molecular weight is 305 g/mol. The van der Waals surface area contributed by atoms with Crippen LogP contribution in [-0.2, 0) is 19.3 Å². The second-order valence-electron chi connectivity index (χ2n) is 6.67. The zero-order valence-electron chi connectivity index (χ0n) is 12.6. The zero-order chi connectivity index (χ0) is 15.4. The summed E-state index contributed by atoms with van der Waals surface area (Å²) in [5, 5.41) is 2.77. The fourth-order valence-electron chi connectivity index (χ4n) is 1.65. The minimum Gasteiger partial charge on any atom is -0.377 e. The summed E-state index contributed by atoms with van der Waals surface area (Å²) < 4.78 is 24.9. The molecule has 20 heavy (non-hydrogen) atoms. The van der Waals surface area contributed by atoms with Gasteiger partial charge >= 0.3 is 0 Å². The molecule has 1 aliphatic rings. The molecule has 118 valence electrons. The largest absolute Gasteiger partial charge is 0.377 e. The quantitative estimate of drug-likeness (QED) is 0.644. The smallest absolute Gasteiger partial charge is 0.237 e. The summed E-state index contributed by atoms with van der Waals surface area (Å²) in [4.78, 5) is 11.7. The molecule has 4 N–H and O–H groups in total. The van der Waals surface area contributed by atoms with Crippen molar-refractivity contribution in [1.82, 2.24) is 5.32 Å². The van der Waals surface area contributed by atoms with Crippen molar-refractivity contribution in [1.29, 1.82) is 4.78 Å². The highest BCUT2D eigenvalue weighted by Gasteiger charge is 2.24. The van der Waals surface area contributed by atoms with Crippen LogP contribution < -0.4 is 11.1 Å². The number of rotatable bonds is 7. The van der Waals surface area contributed by atoms with Gasteiger partial charge in [0.05, 0.1) is 25.3 Å². The first-order valence-corrected chi connectivity index (χ1v) is 8.86. The van der Waals surface area contributed by atoms with Gasteiger partial charge in [-0.2, -0.15) is 0 Å². The molecule has 1 heterocycles. The standard InChI is InChI=1S/C13H27N3O3S/c1-13(2,3)5-7-20(15,18)6-4-11(14)12(17)16-10-8-19-9-10/h10-11,15H,4-9,14H2,1-3H3,(H,16,17)/t11-,20?/m0/s1. The molecular formula is C13H27N3O3S. The van der Waals surface area contributed by atoms with E-state index in [1.807, 2.05) is 0 Å². The number of ether oxygens (including phenoxy) is 1. The molecule has 1 amide bonds. The number of nitrogens with two attached hydrogens (primary N) is 1. The van der Waals surface area contributed by atoms with Crippen molar-refractivity contribution < 1.29 is 13.7 Å². The predicted octanol–water partition coefficient (Wildman–Crippen LogP) is 0.702. The summed E-state index contributed by atoms with van der Waals surface area (Å²) >= 11 is 0. The average Bonchev–Trinajstić information content (AvgIpc) is 2.27. The number of carbonyl (C=O) groups excluding carboxylic acids is 1. The molecule has 0 aromatic rings. The van der Waals surface area contributed by atoms with Crippen molar-refractivity contribution in [2.24, 2.45) is 11.1 Å². The molecule has 0 aromatic heterocycles. The van der Waals surface area contributed by atoms with Crippen LogP contribution in [0.1, 0.15) is 33.6 Å². The van der Waals surface area contributed by atoms with Crippen molar-refractivity contribution in [2.75, 3.05) is 24.7 Å². The van der Waals surface area contributed by atoms with Crippen molar-refractivity contribution in [2.45, 2.75) is 45.7 Å². The second kappa shape index (κ2) is 6.87. The Kier molecular flexibility index (Phi) is 5.97. The van der Waals surface area contributed by atoms with Crippen molar-refractivity contribution in [3.8, 4) is 0 Å². The Bertz CT molecular complexity index is 425. The molecule has 6 nitrogen and oxygen atoms in total. The van der Waals surface area contributed by atoms with Crippen molar-refractivity contribution in [3.05, 3.63) is 0 Å². The van der Waals surface area contributed by atoms with Crippen LogP contribution in [0.2, 0.25) is 0 Å². The van der Waals surface area contributed by atoms with E-state index in [0.29, 0.717) is 19.0 Å². The third kappa shape index (κ3) is 6.67. The van der Waals surface area contributed by atoms with E-state index in [1.165, 1.54) is 0 Å². The first-order valence-electron chi connectivity index (χ1n) is 6.97. The summed E-state index contributed by atoms with van der Waals surface area (Å²) in [6.45, 7) is 7.23. The maximum atomic E-state index is 12.1. The number of hydrogen-bond donors (Lipinski definition) is 3. The van der Waals surface area contributed by atoms with Crippen molar-refractivity contribution >= 4 is 15.6 Å². The molecule has 0 spiro atoms. The Balaban J connectivity index is 2.31. The molecule has 1 unspecified atom stereocenters. The van der Waals surface area contributed by atoms with Crippen LogP contribution in [0.25, 0.3) is 0 Å². The van der Waals surface area contributed by atoms with Gasteiger partial charge < -0.3 is 15.8 Å². The van der Waals surface area contributed by atoms with E-state index in [0.717, 1.165) is 6.42 Å². The Hall–Kier alpha value is -0.660. The Labute approximate surface area is 121 Å². The lowest BCUT2D eigenvalue weighted by Crippen LogP contribution is -2.53. The Morgan fingerprint density at radius 1 is 1.45 bits per heavy atom. The third-order valence-corrected chi connectivity index (χ3v) is 5.02. The summed E-state index contributed by atoms with van der Waals surface area (Å²) in [6, 6.07) is -0.647. The molecule has 2 atom stereocenters. The van der Waals surface area contributed by atoms with Gasteiger partial charge in [0.25, 0.3) is 0 Å². The Morgan fingerprint density at radius 3 is 2.50 bits per heavy atom. The minimum atomic E-state index is -2.65. The van der Waals surface area contributed by atoms with Gasteiger partial charge in [0.2, 0.25) is 5.91 Å². The second-order valence-corrected chi connectivity index (χ2v) is 9.11. The van der Waals surface area contributed by atoms with Crippen LogP contribution in [0.3, 0.4) is 0 Å². The normalized spacial score (nSPS) is 20.8. The van der Waals surface area contributed by atoms with E-state index in [1.54, 1.807) is 0 Å². The summed E-state index contributed by atoms with van der Waals surface area (Å²) in [6.07, 6.45) is 1.02. The summed E-state index contributed by atoms with van der Waals surface area (Å²) in [7, 11) is -2.65. The summed E-state index contributed by atoms with van der Waals surface area (Å²) in [5.74, 6) is 0.296. The molecule has 0 aromatic carbocycles. The van der Waals surface area contributed by atoms with E-state index in [2.05, 4.69) is 26.1 Å². The van der Waals surface area contributed by atoms with Gasteiger partial charge in [-0.15, -0.1) is 0 Å². The van der Waals surface area contributed by atoms with Gasteiger partial charge in [0.1, 0.15) is 0 Å². The highest BCUT2D eigenvalue weighted by molar-refractivity contribution is 7.92. The fraction of sp³-hybridized carbons (Fsp3) is 0.923. The topological polar surface area (TPSA) is 105 Å². The minimum absolute atomic E-state index is 0.0507. The SMILES string of the molecule is CC(C)(C)CCS(=N)(=O)CC[C@H](N)C(=O)NC1COC1. The van der Waals surface area contributed by atoms with E-state index in [9.17, 15) is 9.00 Å². The van der Waals surface area contributed by atoms with Gasteiger partial charge in [-0.05, 0) is 18.3 Å². The highest BCUT2D eigenvalue weighted by atomic mass is 32.2. The molecule has 1 rings (SSSR count). The van der Waals surface area contributed by atoms with E-state index >= 15 is 0 Å². The maximum absolute atomic E-state index is 12.1. The van der Waals surface area contributed by atoms with Gasteiger partial charge in [0, 0.05) is 21.2 Å². The molecular weight excluding hydrogens is 278 g/mol. The molecule has 0 aliphatic carbocycles. The van der Waals surface area contributed by atoms with Gasteiger partial charge in [0.15, 0.2) is 0 Å². The van der Waals surface area contributed by atoms with Crippen LogP contribution in [0.15, 0.2) is 0 Å². The van der Waals surface area contributed by atoms with Gasteiger partial charge in [-0.3, -0.25) is 9.57 Å². The van der Waals surface area contributed by atoms with E-state index < -0.39 is 15.8 Å². The van der Waals surface area contributed by atoms with E-state index in [-0.39, 0.29) is 29.5 Å². The van der Waals surface area contributed by atoms with E-state index in [4.69, 9.17) is 15.3 Å². The Morgan fingerprint density at radius 2 is 2.05 bits per heavy atom. The van der Waals surface area contributed by atoms with Crippen LogP contribution in [0.5, 0.6) is 0 Å². The van der Waals surface area contributed by atoms with Crippen LogP contribution >= 0.6 is 0 Å². The number of nitrogens with one attached hydrogen (secondary N) is 2. The first-order chi connectivity index (χ1) is 9.09. The van der Waals surface area contributed by atoms with Crippen molar-refractivity contribution in [3.63, 3.8) is 0 Å². The molecule has 1 aliphatic heterocycles. The van der Waals surface area contributed by atoms with Crippen LogP contribution in [-0.4, -0.2) is 46.9 Å². The first kappa shape index (κ1) is 17.4. The number of hydrogen-bond acceptors (Lipinski definition) is 5. The molecule has 0 bridgehead atoms. The monoisotopic (exact) mass is 305 g/mol. The van der Waals surface area contributed by atoms with Crippen LogP contribution in [0.4, 0.5) is 0 Å². The lowest BCUT2D eigenvalue weighted by Gasteiger charge is -2.28.